The summed E-state index contributed by atoms with van der Waals surface area (Å²) in [6.45, 7) is 3.56. The molecule has 2 aromatic rings. The minimum Gasteiger partial charge on any atom is -0.392 e. The molecule has 2 nitrogen and oxygen atoms in total. The number of aliphatic hydroxyl groups excluding tert-OH is 1. The van der Waals surface area contributed by atoms with Crippen LogP contribution in [0.2, 0.25) is 0 Å². The third-order valence-corrected chi connectivity index (χ3v) is 3.45. The van der Waals surface area contributed by atoms with Crippen LogP contribution in [0.4, 0.5) is 5.69 Å². The Morgan fingerprint density at radius 1 is 1.24 bits per heavy atom. The Morgan fingerprint density at radius 2 is 2.00 bits per heavy atom. The fraction of sp³-hybridized carbons (Fsp3) is 0.333. The third-order valence-electron chi connectivity index (χ3n) is 3.45. The van der Waals surface area contributed by atoms with Gasteiger partial charge in [0.05, 0.1) is 6.10 Å². The number of aliphatic hydroxyl groups is 1. The smallest absolute Gasteiger partial charge is 0.0687 e. The van der Waals surface area contributed by atoms with Crippen molar-refractivity contribution >= 4 is 16.5 Å². The van der Waals surface area contributed by atoms with Crippen LogP contribution in [0, 0.1) is 0 Å². The molecule has 1 aliphatic rings. The maximum absolute atomic E-state index is 9.57. The third kappa shape index (κ3) is 1.79. The summed E-state index contributed by atoms with van der Waals surface area (Å²) in [5.41, 5.74) is 2.70. The summed E-state index contributed by atoms with van der Waals surface area (Å²) in [5, 5.41) is 12.2. The van der Waals surface area contributed by atoms with Crippen molar-refractivity contribution in [3.63, 3.8) is 0 Å². The first-order chi connectivity index (χ1) is 8.25. The zero-order valence-electron chi connectivity index (χ0n) is 10.1. The van der Waals surface area contributed by atoms with E-state index < -0.39 is 0 Å². The molecule has 88 valence electrons. The van der Waals surface area contributed by atoms with E-state index >= 15 is 0 Å². The molecule has 2 aromatic carbocycles. The van der Waals surface area contributed by atoms with Gasteiger partial charge in [0.1, 0.15) is 0 Å². The Balaban J connectivity index is 2.16. The van der Waals surface area contributed by atoms with Gasteiger partial charge < -0.3 is 10.0 Å². The van der Waals surface area contributed by atoms with E-state index in [0.717, 1.165) is 13.0 Å². The Morgan fingerprint density at radius 3 is 2.76 bits per heavy atom. The van der Waals surface area contributed by atoms with Gasteiger partial charge in [-0.1, -0.05) is 30.3 Å². The van der Waals surface area contributed by atoms with Crippen molar-refractivity contribution in [1.29, 1.82) is 0 Å². The van der Waals surface area contributed by atoms with Crippen LogP contribution in [0.3, 0.4) is 0 Å². The average Bonchev–Trinajstić information content (AvgIpc) is 2.33. The predicted molar refractivity (Wildman–Crippen MR) is 71.5 cm³/mol. The largest absolute Gasteiger partial charge is 0.392 e. The van der Waals surface area contributed by atoms with Gasteiger partial charge in [-0.25, -0.2) is 0 Å². The number of β-amino-alcohol motifs (C(OH)–C–C–N with tert-alkyl or cyclic N) is 1. The van der Waals surface area contributed by atoms with E-state index in [9.17, 15) is 5.11 Å². The summed E-state index contributed by atoms with van der Waals surface area (Å²) in [6.07, 6.45) is 0.789. The van der Waals surface area contributed by atoms with Gasteiger partial charge in [0.2, 0.25) is 0 Å². The number of hydrogen-bond acceptors (Lipinski definition) is 2. The SMILES string of the molecule is CC(O)CN1CCc2cccc3cccc1c23. The van der Waals surface area contributed by atoms with Gasteiger partial charge >= 0.3 is 0 Å². The highest BCUT2D eigenvalue weighted by Gasteiger charge is 2.18. The Kier molecular flexibility index (Phi) is 2.52. The van der Waals surface area contributed by atoms with Gasteiger partial charge in [-0.15, -0.1) is 0 Å². The van der Waals surface area contributed by atoms with Crippen LogP contribution in [0.5, 0.6) is 0 Å². The molecule has 3 rings (SSSR count). The molecule has 0 saturated carbocycles. The van der Waals surface area contributed by atoms with Crippen molar-refractivity contribution in [2.24, 2.45) is 0 Å². The Bertz CT molecular complexity index is 542. The van der Waals surface area contributed by atoms with E-state index in [0.29, 0.717) is 6.54 Å². The van der Waals surface area contributed by atoms with Crippen LogP contribution in [0.25, 0.3) is 10.8 Å². The number of hydrogen-bond donors (Lipinski definition) is 1. The number of anilines is 1. The second-order valence-electron chi connectivity index (χ2n) is 4.84. The quantitative estimate of drug-likeness (QED) is 0.852. The zero-order chi connectivity index (χ0) is 11.8. The molecule has 1 heterocycles. The van der Waals surface area contributed by atoms with Crippen LogP contribution >= 0.6 is 0 Å². The highest BCUT2D eigenvalue weighted by molar-refractivity contribution is 5.98. The summed E-state index contributed by atoms with van der Waals surface area (Å²) >= 11 is 0. The maximum atomic E-state index is 9.57. The number of benzene rings is 2. The van der Waals surface area contributed by atoms with Crippen molar-refractivity contribution in [3.05, 3.63) is 42.0 Å². The summed E-state index contributed by atoms with van der Waals surface area (Å²) in [7, 11) is 0. The number of rotatable bonds is 2. The first-order valence-corrected chi connectivity index (χ1v) is 6.19. The van der Waals surface area contributed by atoms with Gasteiger partial charge in [0, 0.05) is 24.2 Å². The minimum atomic E-state index is -0.282. The molecule has 1 aliphatic heterocycles. The molecule has 1 atom stereocenters. The second kappa shape index (κ2) is 4.04. The lowest BCUT2D eigenvalue weighted by Crippen LogP contribution is -2.35. The second-order valence-corrected chi connectivity index (χ2v) is 4.84. The molecule has 0 fully saturated rings. The van der Waals surface area contributed by atoms with Crippen molar-refractivity contribution < 1.29 is 5.11 Å². The van der Waals surface area contributed by atoms with Crippen molar-refractivity contribution in [1.82, 2.24) is 0 Å². The molecule has 0 spiro atoms. The summed E-state index contributed by atoms with van der Waals surface area (Å²) in [6, 6.07) is 12.9. The predicted octanol–water partition coefficient (Wildman–Crippen LogP) is 2.58. The van der Waals surface area contributed by atoms with Gasteiger partial charge in [0.15, 0.2) is 0 Å². The monoisotopic (exact) mass is 227 g/mol. The normalized spacial score (nSPS) is 16.2. The highest BCUT2D eigenvalue weighted by atomic mass is 16.3. The first kappa shape index (κ1) is 10.6. The van der Waals surface area contributed by atoms with E-state index in [2.05, 4.69) is 41.3 Å². The summed E-state index contributed by atoms with van der Waals surface area (Å²) in [4.78, 5) is 2.29. The molecule has 1 N–H and O–H groups in total. The van der Waals surface area contributed by atoms with E-state index in [1.165, 1.54) is 22.0 Å². The van der Waals surface area contributed by atoms with E-state index in [-0.39, 0.29) is 6.10 Å². The summed E-state index contributed by atoms with van der Waals surface area (Å²) < 4.78 is 0. The molecule has 17 heavy (non-hydrogen) atoms. The lowest BCUT2D eigenvalue weighted by atomic mass is 9.96. The van der Waals surface area contributed by atoms with Crippen molar-refractivity contribution in [2.75, 3.05) is 18.0 Å². The topological polar surface area (TPSA) is 23.5 Å². The van der Waals surface area contributed by atoms with Gasteiger partial charge in [0.25, 0.3) is 0 Å². The minimum absolute atomic E-state index is 0.282. The van der Waals surface area contributed by atoms with Crippen LogP contribution in [0.15, 0.2) is 36.4 Å². The molecule has 0 amide bonds. The van der Waals surface area contributed by atoms with Gasteiger partial charge in [-0.3, -0.25) is 0 Å². The molecule has 2 heteroatoms. The van der Waals surface area contributed by atoms with Crippen LogP contribution in [0.1, 0.15) is 12.5 Å². The van der Waals surface area contributed by atoms with Crippen LogP contribution in [-0.2, 0) is 6.42 Å². The van der Waals surface area contributed by atoms with Gasteiger partial charge in [-0.2, -0.15) is 0 Å². The zero-order valence-corrected chi connectivity index (χ0v) is 10.1. The van der Waals surface area contributed by atoms with Crippen LogP contribution in [-0.4, -0.2) is 24.3 Å². The Hall–Kier alpha value is -1.54. The molecular weight excluding hydrogens is 210 g/mol. The molecular formula is C15H17NO. The lowest BCUT2D eigenvalue weighted by molar-refractivity contribution is 0.200. The molecule has 0 aromatic heterocycles. The van der Waals surface area contributed by atoms with Gasteiger partial charge in [-0.05, 0) is 30.4 Å². The Labute approximate surface area is 101 Å². The number of nitrogens with zero attached hydrogens (tertiary/aromatic N) is 1. The average molecular weight is 227 g/mol. The van der Waals surface area contributed by atoms with Crippen molar-refractivity contribution in [3.8, 4) is 0 Å². The molecule has 0 bridgehead atoms. The maximum Gasteiger partial charge on any atom is 0.0687 e. The van der Waals surface area contributed by atoms with Crippen molar-refractivity contribution in [2.45, 2.75) is 19.4 Å². The van der Waals surface area contributed by atoms with E-state index in [4.69, 9.17) is 0 Å². The van der Waals surface area contributed by atoms with E-state index in [1.807, 2.05) is 6.92 Å². The lowest BCUT2D eigenvalue weighted by Gasteiger charge is -2.32. The van der Waals surface area contributed by atoms with Crippen LogP contribution < -0.4 is 4.90 Å². The molecule has 1 unspecified atom stereocenters. The fourth-order valence-corrected chi connectivity index (χ4v) is 2.75. The van der Waals surface area contributed by atoms with E-state index in [1.54, 1.807) is 0 Å². The molecule has 0 saturated heterocycles. The molecule has 0 aliphatic carbocycles. The fourth-order valence-electron chi connectivity index (χ4n) is 2.75. The highest BCUT2D eigenvalue weighted by Crippen LogP contribution is 2.33. The standard InChI is InChI=1S/C15H17NO/c1-11(17)10-16-9-8-13-5-2-4-12-6-3-7-14(16)15(12)13/h2-7,11,17H,8-10H2,1H3. The summed E-state index contributed by atoms with van der Waals surface area (Å²) in [5.74, 6) is 0. The molecule has 0 radical (unpaired) electrons. The first-order valence-electron chi connectivity index (χ1n) is 6.19.